The normalized spacial score (nSPS) is 16.8. The van der Waals surface area contributed by atoms with E-state index in [1.54, 1.807) is 4.90 Å². The zero-order chi connectivity index (χ0) is 16.3. The van der Waals surface area contributed by atoms with Crippen LogP contribution in [0, 0.1) is 11.3 Å². The number of hydrogen-bond donors (Lipinski definition) is 1. The van der Waals surface area contributed by atoms with Gasteiger partial charge >= 0.3 is 5.97 Å². The maximum Gasteiger partial charge on any atom is 0.305 e. The SMILES string of the molecule is CC(C)CN(CCC(=O)O)C(=O)CC1(CS(C)(=O)=O)CC1. The molecule has 1 fully saturated rings. The van der Waals surface area contributed by atoms with E-state index >= 15 is 0 Å². The zero-order valence-corrected chi connectivity index (χ0v) is 13.8. The van der Waals surface area contributed by atoms with Gasteiger partial charge in [0, 0.05) is 25.8 Å². The molecule has 0 aromatic carbocycles. The van der Waals surface area contributed by atoms with Gasteiger partial charge in [-0.3, -0.25) is 9.59 Å². The van der Waals surface area contributed by atoms with Crippen LogP contribution in [0.25, 0.3) is 0 Å². The van der Waals surface area contributed by atoms with Crippen LogP contribution in [-0.2, 0) is 19.4 Å². The molecule has 0 saturated heterocycles. The number of carboxylic acid groups (broad SMARTS) is 1. The van der Waals surface area contributed by atoms with Gasteiger partial charge in [-0.1, -0.05) is 13.8 Å². The predicted molar refractivity (Wildman–Crippen MR) is 79.7 cm³/mol. The molecular weight excluding hydrogens is 294 g/mol. The summed E-state index contributed by atoms with van der Waals surface area (Å²) in [5, 5.41) is 8.76. The number of amides is 1. The fourth-order valence-electron chi connectivity index (χ4n) is 2.53. The smallest absolute Gasteiger partial charge is 0.305 e. The highest BCUT2D eigenvalue weighted by molar-refractivity contribution is 7.90. The Kier molecular flexibility index (Phi) is 5.78. The molecule has 1 rings (SSSR count). The molecule has 0 bridgehead atoms. The van der Waals surface area contributed by atoms with Crippen molar-refractivity contribution in [2.45, 2.75) is 39.5 Å². The van der Waals surface area contributed by atoms with E-state index in [1.165, 1.54) is 6.26 Å². The maximum atomic E-state index is 12.4. The molecule has 1 aliphatic carbocycles. The molecule has 0 aromatic rings. The number of nitrogens with zero attached hydrogens (tertiary/aromatic N) is 1. The van der Waals surface area contributed by atoms with Gasteiger partial charge in [0.15, 0.2) is 0 Å². The van der Waals surface area contributed by atoms with Crippen LogP contribution >= 0.6 is 0 Å². The molecule has 1 aliphatic rings. The maximum absolute atomic E-state index is 12.4. The number of rotatable bonds is 9. The van der Waals surface area contributed by atoms with Gasteiger partial charge in [0.05, 0.1) is 12.2 Å². The number of carbonyl (C=O) groups excluding carboxylic acids is 1. The van der Waals surface area contributed by atoms with Crippen LogP contribution in [0.15, 0.2) is 0 Å². The standard InChI is InChI=1S/C14H25NO5S/c1-11(2)9-15(7-4-13(17)18)12(16)8-14(5-6-14)10-21(3,19)20/h11H,4-10H2,1-3H3,(H,17,18). The summed E-state index contributed by atoms with van der Waals surface area (Å²) in [6.45, 7) is 4.61. The van der Waals surface area contributed by atoms with E-state index in [4.69, 9.17) is 5.11 Å². The van der Waals surface area contributed by atoms with Crippen LogP contribution in [0.1, 0.15) is 39.5 Å². The summed E-state index contributed by atoms with van der Waals surface area (Å²) in [6.07, 6.45) is 2.80. The average molecular weight is 319 g/mol. The van der Waals surface area contributed by atoms with Crippen LogP contribution in [0.2, 0.25) is 0 Å². The van der Waals surface area contributed by atoms with Crippen LogP contribution in [0.5, 0.6) is 0 Å². The summed E-state index contributed by atoms with van der Waals surface area (Å²) in [6, 6.07) is 0. The number of sulfone groups is 1. The van der Waals surface area contributed by atoms with Crippen molar-refractivity contribution in [2.75, 3.05) is 25.1 Å². The molecule has 0 heterocycles. The minimum Gasteiger partial charge on any atom is -0.481 e. The Morgan fingerprint density at radius 1 is 1.29 bits per heavy atom. The van der Waals surface area contributed by atoms with E-state index in [9.17, 15) is 18.0 Å². The summed E-state index contributed by atoms with van der Waals surface area (Å²) in [5.41, 5.74) is -0.414. The molecule has 0 aromatic heterocycles. The third-order valence-electron chi connectivity index (χ3n) is 3.59. The summed E-state index contributed by atoms with van der Waals surface area (Å²) >= 11 is 0. The minimum atomic E-state index is -3.10. The van der Waals surface area contributed by atoms with Gasteiger partial charge in [0.25, 0.3) is 0 Å². The first-order chi connectivity index (χ1) is 9.53. The molecule has 0 atom stereocenters. The van der Waals surface area contributed by atoms with Gasteiger partial charge in [-0.05, 0) is 24.2 Å². The van der Waals surface area contributed by atoms with Crippen LogP contribution < -0.4 is 0 Å². The lowest BCUT2D eigenvalue weighted by atomic mass is 10.0. The summed E-state index contributed by atoms with van der Waals surface area (Å²) in [7, 11) is -3.10. The van der Waals surface area contributed by atoms with E-state index in [-0.39, 0.29) is 37.0 Å². The van der Waals surface area contributed by atoms with Gasteiger partial charge in [-0.15, -0.1) is 0 Å². The van der Waals surface area contributed by atoms with E-state index in [1.807, 2.05) is 13.8 Å². The second-order valence-electron chi connectivity index (χ2n) is 6.62. The molecule has 21 heavy (non-hydrogen) atoms. The van der Waals surface area contributed by atoms with Crippen molar-refractivity contribution in [3.63, 3.8) is 0 Å². The minimum absolute atomic E-state index is 0.0419. The van der Waals surface area contributed by atoms with Crippen LogP contribution in [-0.4, -0.2) is 55.4 Å². The van der Waals surface area contributed by atoms with E-state index < -0.39 is 21.2 Å². The summed E-state index contributed by atoms with van der Waals surface area (Å²) in [4.78, 5) is 24.6. The molecule has 6 nitrogen and oxygen atoms in total. The molecule has 1 N–H and O–H groups in total. The first-order valence-corrected chi connectivity index (χ1v) is 9.26. The van der Waals surface area contributed by atoms with Crippen LogP contribution in [0.3, 0.4) is 0 Å². The Balaban J connectivity index is 2.65. The Bertz CT molecular complexity index is 493. The van der Waals surface area contributed by atoms with E-state index in [2.05, 4.69) is 0 Å². The molecule has 0 radical (unpaired) electrons. The van der Waals surface area contributed by atoms with Gasteiger partial charge in [0.2, 0.25) is 5.91 Å². The van der Waals surface area contributed by atoms with Crippen molar-refractivity contribution >= 4 is 21.7 Å². The van der Waals surface area contributed by atoms with Crippen molar-refractivity contribution in [3.05, 3.63) is 0 Å². The number of hydrogen-bond acceptors (Lipinski definition) is 4. The molecular formula is C14H25NO5S. The van der Waals surface area contributed by atoms with Crippen LogP contribution in [0.4, 0.5) is 0 Å². The summed E-state index contributed by atoms with van der Waals surface area (Å²) < 4.78 is 22.9. The molecule has 0 unspecified atom stereocenters. The Labute approximate surface area is 126 Å². The topological polar surface area (TPSA) is 91.8 Å². The third kappa shape index (κ3) is 6.93. The summed E-state index contributed by atoms with van der Waals surface area (Å²) in [5.74, 6) is -0.784. The Morgan fingerprint density at radius 3 is 2.24 bits per heavy atom. The first-order valence-electron chi connectivity index (χ1n) is 7.20. The van der Waals surface area contributed by atoms with Gasteiger partial charge in [-0.2, -0.15) is 0 Å². The second-order valence-corrected chi connectivity index (χ2v) is 8.76. The largest absolute Gasteiger partial charge is 0.481 e. The number of carbonyl (C=O) groups is 2. The fourth-order valence-corrected chi connectivity index (χ4v) is 4.03. The fraction of sp³-hybridized carbons (Fsp3) is 0.857. The molecule has 0 spiro atoms. The Hall–Kier alpha value is -1.11. The lowest BCUT2D eigenvalue weighted by molar-refractivity contribution is -0.139. The highest BCUT2D eigenvalue weighted by atomic mass is 32.2. The monoisotopic (exact) mass is 319 g/mol. The van der Waals surface area contributed by atoms with Gasteiger partial charge in [-0.25, -0.2) is 8.42 Å². The van der Waals surface area contributed by atoms with Crippen molar-refractivity contribution in [1.82, 2.24) is 4.90 Å². The lowest BCUT2D eigenvalue weighted by Gasteiger charge is -2.26. The predicted octanol–water partition coefficient (Wildman–Crippen LogP) is 1.16. The van der Waals surface area contributed by atoms with E-state index in [0.717, 1.165) is 12.8 Å². The van der Waals surface area contributed by atoms with Crippen molar-refractivity contribution in [1.29, 1.82) is 0 Å². The number of aliphatic carboxylic acids is 1. The van der Waals surface area contributed by atoms with Gasteiger partial charge in [0.1, 0.15) is 9.84 Å². The molecule has 122 valence electrons. The molecule has 1 amide bonds. The third-order valence-corrected chi connectivity index (χ3v) is 4.72. The lowest BCUT2D eigenvalue weighted by Crippen LogP contribution is -2.38. The quantitative estimate of drug-likeness (QED) is 0.688. The molecule has 7 heteroatoms. The Morgan fingerprint density at radius 2 is 1.86 bits per heavy atom. The average Bonchev–Trinajstić information content (AvgIpc) is 3.00. The van der Waals surface area contributed by atoms with Crippen molar-refractivity contribution < 1.29 is 23.1 Å². The number of carboxylic acids is 1. The molecule has 0 aliphatic heterocycles. The highest BCUT2D eigenvalue weighted by Gasteiger charge is 2.47. The second kappa shape index (κ2) is 6.77. The highest BCUT2D eigenvalue weighted by Crippen LogP contribution is 2.50. The first kappa shape index (κ1) is 17.9. The van der Waals surface area contributed by atoms with Crippen molar-refractivity contribution in [2.24, 2.45) is 11.3 Å². The van der Waals surface area contributed by atoms with Gasteiger partial charge < -0.3 is 10.0 Å². The molecule has 1 saturated carbocycles. The van der Waals surface area contributed by atoms with E-state index in [0.29, 0.717) is 6.54 Å². The zero-order valence-electron chi connectivity index (χ0n) is 13.0. The van der Waals surface area contributed by atoms with Crippen molar-refractivity contribution in [3.8, 4) is 0 Å².